The van der Waals surface area contributed by atoms with Crippen molar-refractivity contribution in [3.63, 3.8) is 0 Å². The van der Waals surface area contributed by atoms with Gasteiger partial charge in [0.25, 0.3) is 0 Å². The summed E-state index contributed by atoms with van der Waals surface area (Å²) in [5.74, 6) is -2.10. The van der Waals surface area contributed by atoms with Gasteiger partial charge in [0.15, 0.2) is 11.5 Å². The molecule has 1 amide bonds. The van der Waals surface area contributed by atoms with Crippen molar-refractivity contribution in [3.05, 3.63) is 82.1 Å². The predicted molar refractivity (Wildman–Crippen MR) is 159 cm³/mol. The van der Waals surface area contributed by atoms with Crippen molar-refractivity contribution in [1.82, 2.24) is 24.4 Å². The van der Waals surface area contributed by atoms with Crippen LogP contribution in [0.1, 0.15) is 50.3 Å². The fourth-order valence-electron chi connectivity index (χ4n) is 6.45. The van der Waals surface area contributed by atoms with Gasteiger partial charge in [-0.1, -0.05) is 26.5 Å². The maximum absolute atomic E-state index is 15.9. The van der Waals surface area contributed by atoms with Gasteiger partial charge >= 0.3 is 5.69 Å². The molecule has 1 aromatic carbocycles. The van der Waals surface area contributed by atoms with Crippen LogP contribution in [0, 0.1) is 18.6 Å². The highest BCUT2D eigenvalue weighted by atomic mass is 19.1. The van der Waals surface area contributed by atoms with Crippen LogP contribution in [0.25, 0.3) is 28.0 Å². The van der Waals surface area contributed by atoms with Crippen LogP contribution in [0.3, 0.4) is 0 Å². The smallest absolute Gasteiger partial charge is 0.355 e. The minimum Gasteiger partial charge on any atom is -0.507 e. The van der Waals surface area contributed by atoms with E-state index in [-0.39, 0.29) is 34.2 Å². The Hall–Kier alpha value is -4.67. The molecule has 6 rings (SSSR count). The first kappa shape index (κ1) is 28.4. The molecule has 0 saturated carbocycles. The minimum atomic E-state index is -0.876. The van der Waals surface area contributed by atoms with E-state index in [0.717, 1.165) is 11.6 Å². The number of halogens is 2. The van der Waals surface area contributed by atoms with Crippen LogP contribution in [-0.4, -0.2) is 61.1 Å². The number of carbonyl (C=O) groups is 1. The number of hydrogen-bond donors (Lipinski definition) is 1. The normalized spacial score (nSPS) is 16.7. The second kappa shape index (κ2) is 10.3. The number of benzene rings is 1. The third kappa shape index (κ3) is 4.45. The number of aromatic nitrogens is 4. The molecule has 222 valence electrons. The molecule has 5 heterocycles. The number of aromatic hydroxyl groups is 1. The molecule has 2 saturated heterocycles. The van der Waals surface area contributed by atoms with Gasteiger partial charge in [-0.3, -0.25) is 9.78 Å². The summed E-state index contributed by atoms with van der Waals surface area (Å²) in [6.45, 7) is 10.6. The van der Waals surface area contributed by atoms with Crippen molar-refractivity contribution in [2.75, 3.05) is 25.0 Å². The van der Waals surface area contributed by atoms with Crippen molar-refractivity contribution in [1.29, 1.82) is 0 Å². The Morgan fingerprint density at radius 2 is 1.79 bits per heavy atom. The summed E-state index contributed by atoms with van der Waals surface area (Å²) in [4.78, 5) is 43.6. The van der Waals surface area contributed by atoms with Gasteiger partial charge in [0.1, 0.15) is 23.1 Å². The molecule has 1 spiro atoms. The summed E-state index contributed by atoms with van der Waals surface area (Å²) < 4.78 is 32.1. The van der Waals surface area contributed by atoms with Gasteiger partial charge in [-0.25, -0.2) is 23.1 Å². The Morgan fingerprint density at radius 3 is 2.42 bits per heavy atom. The van der Waals surface area contributed by atoms with Crippen molar-refractivity contribution < 1.29 is 18.7 Å². The summed E-state index contributed by atoms with van der Waals surface area (Å²) >= 11 is 0. The summed E-state index contributed by atoms with van der Waals surface area (Å²) in [7, 11) is 1.78. The van der Waals surface area contributed by atoms with Gasteiger partial charge in [0.05, 0.1) is 27.9 Å². The van der Waals surface area contributed by atoms with Gasteiger partial charge in [-0.05, 0) is 55.5 Å². The number of pyridine rings is 2. The van der Waals surface area contributed by atoms with E-state index in [1.807, 2.05) is 25.7 Å². The Labute approximate surface area is 247 Å². The number of hydrogen-bond acceptors (Lipinski definition) is 7. The molecule has 3 aromatic heterocycles. The van der Waals surface area contributed by atoms with Crippen LogP contribution in [0.2, 0.25) is 0 Å². The predicted octanol–water partition coefficient (Wildman–Crippen LogP) is 5.02. The molecule has 0 radical (unpaired) electrons. The Kier molecular flexibility index (Phi) is 6.78. The third-order valence-electron chi connectivity index (χ3n) is 8.81. The van der Waals surface area contributed by atoms with Crippen molar-refractivity contribution in [2.24, 2.45) is 0 Å². The molecule has 2 aliphatic heterocycles. The molecule has 2 fully saturated rings. The number of piperidine rings is 1. The average molecular weight is 587 g/mol. The van der Waals surface area contributed by atoms with Crippen molar-refractivity contribution >= 4 is 22.8 Å². The first-order valence-corrected chi connectivity index (χ1v) is 14.2. The van der Waals surface area contributed by atoms with Crippen LogP contribution in [0.4, 0.5) is 14.6 Å². The number of likely N-dealkylation sites (N-methyl/N-ethyl adjacent to an activating group) is 1. The number of phenolic OH excluding ortho intramolecular Hbond substituents is 1. The van der Waals surface area contributed by atoms with Crippen LogP contribution in [-0.2, 0) is 4.79 Å². The topological polar surface area (TPSA) is 104 Å². The molecule has 11 heteroatoms. The second-order valence-corrected chi connectivity index (χ2v) is 11.7. The van der Waals surface area contributed by atoms with Crippen molar-refractivity contribution in [3.8, 4) is 22.7 Å². The summed E-state index contributed by atoms with van der Waals surface area (Å²) in [6, 6.07) is 6.63. The Morgan fingerprint density at radius 1 is 1.07 bits per heavy atom. The number of fused-ring (bicyclic) bond motifs is 1. The highest BCUT2D eigenvalue weighted by Gasteiger charge is 2.47. The molecule has 0 bridgehead atoms. The minimum absolute atomic E-state index is 0.0638. The quantitative estimate of drug-likeness (QED) is 0.335. The first-order valence-electron chi connectivity index (χ1n) is 14.2. The fourth-order valence-corrected chi connectivity index (χ4v) is 6.45. The van der Waals surface area contributed by atoms with Crippen LogP contribution in [0.15, 0.2) is 53.5 Å². The zero-order valence-electron chi connectivity index (χ0n) is 24.5. The number of likely N-dealkylation sites (tertiary alicyclic amines) is 1. The third-order valence-corrected chi connectivity index (χ3v) is 8.81. The molecule has 9 nitrogen and oxygen atoms in total. The molecule has 43 heavy (non-hydrogen) atoms. The van der Waals surface area contributed by atoms with Crippen LogP contribution >= 0.6 is 0 Å². The monoisotopic (exact) mass is 586 g/mol. The van der Waals surface area contributed by atoms with Gasteiger partial charge in [0, 0.05) is 38.3 Å². The molecule has 0 atom stereocenters. The summed E-state index contributed by atoms with van der Waals surface area (Å²) in [5.41, 5.74) is 0.609. The molecule has 0 unspecified atom stereocenters. The van der Waals surface area contributed by atoms with E-state index in [9.17, 15) is 19.1 Å². The zero-order chi connectivity index (χ0) is 30.8. The van der Waals surface area contributed by atoms with Gasteiger partial charge in [-0.2, -0.15) is 4.98 Å². The molecule has 4 aromatic rings. The largest absolute Gasteiger partial charge is 0.507 e. The maximum atomic E-state index is 15.9. The standard InChI is InChI=1S/C32H32F2N6O3/c1-17(2)25-27(18(3)9-12-35-25)40-29-20(15-22(34)26(36-29)24-21(33)7-6-8-23(24)41)28(37-31(40)43)39-13-10-32(11-14-39)16-19(4)30(42)38(32)5/h6-9,12,15,17,41H,4,10-11,13-14,16H2,1-3,5H3. The SMILES string of the molecule is C=C1CC2(CCN(c3nc(=O)n(-c4c(C)ccnc4C(C)C)c4nc(-c5c(O)cccc5F)c(F)cc34)CC2)N(C)C1=O. The number of carbonyl (C=O) groups excluding carboxylic acids is 1. The summed E-state index contributed by atoms with van der Waals surface area (Å²) in [6.07, 6.45) is 3.44. The van der Waals surface area contributed by atoms with E-state index in [4.69, 9.17) is 0 Å². The molecule has 0 aliphatic carbocycles. The number of aryl methyl sites for hydroxylation is 1. The Bertz CT molecular complexity index is 1860. The molecular weight excluding hydrogens is 554 g/mol. The number of nitrogens with zero attached hydrogens (tertiary/aromatic N) is 6. The lowest BCUT2D eigenvalue weighted by Crippen LogP contribution is -2.52. The van der Waals surface area contributed by atoms with Gasteiger partial charge < -0.3 is 14.9 Å². The van der Waals surface area contributed by atoms with E-state index in [1.54, 1.807) is 24.2 Å². The Balaban J connectivity index is 1.58. The molecule has 1 N–H and O–H groups in total. The lowest BCUT2D eigenvalue weighted by molar-refractivity contribution is -0.127. The fraction of sp³-hybridized carbons (Fsp3) is 0.344. The van der Waals surface area contributed by atoms with Gasteiger partial charge in [-0.15, -0.1) is 0 Å². The van der Waals surface area contributed by atoms with Crippen LogP contribution in [0.5, 0.6) is 5.75 Å². The van der Waals surface area contributed by atoms with E-state index < -0.39 is 34.3 Å². The second-order valence-electron chi connectivity index (χ2n) is 11.7. The molecule has 2 aliphatic rings. The van der Waals surface area contributed by atoms with Crippen LogP contribution < -0.4 is 10.6 Å². The summed E-state index contributed by atoms with van der Waals surface area (Å²) in [5, 5.41) is 10.7. The zero-order valence-corrected chi connectivity index (χ0v) is 24.5. The van der Waals surface area contributed by atoms with Gasteiger partial charge in [0.2, 0.25) is 5.91 Å². The van der Waals surface area contributed by atoms with E-state index >= 15 is 4.39 Å². The van der Waals surface area contributed by atoms with E-state index in [0.29, 0.717) is 49.3 Å². The average Bonchev–Trinajstić information content (AvgIpc) is 3.16. The molecular formula is C32H32F2N6O3. The highest BCUT2D eigenvalue weighted by molar-refractivity contribution is 5.96. The number of anilines is 1. The van der Waals surface area contributed by atoms with E-state index in [1.165, 1.54) is 22.8 Å². The lowest BCUT2D eigenvalue weighted by Gasteiger charge is -2.43. The number of amides is 1. The number of phenols is 1. The number of rotatable bonds is 4. The van der Waals surface area contributed by atoms with Crippen molar-refractivity contribution in [2.45, 2.75) is 51.5 Å². The highest BCUT2D eigenvalue weighted by Crippen LogP contribution is 2.42. The maximum Gasteiger partial charge on any atom is 0.355 e. The lowest BCUT2D eigenvalue weighted by atomic mass is 9.84. The first-order chi connectivity index (χ1) is 20.4. The van der Waals surface area contributed by atoms with E-state index in [2.05, 4.69) is 21.5 Å².